The van der Waals surface area contributed by atoms with Crippen molar-refractivity contribution in [3.8, 4) is 0 Å². The maximum absolute atomic E-state index is 10.5. The Balaban J connectivity index is 2.62. The lowest BCUT2D eigenvalue weighted by atomic mass is 9.72. The smallest absolute Gasteiger partial charge is 0.332 e. The van der Waals surface area contributed by atoms with Gasteiger partial charge in [-0.15, -0.1) is 0 Å². The molecule has 2 amide bonds. The van der Waals surface area contributed by atoms with Crippen molar-refractivity contribution in [2.45, 2.75) is 40.0 Å². The van der Waals surface area contributed by atoms with Crippen LogP contribution in [0, 0.1) is 11.3 Å². The number of primary amides is 1. The lowest BCUT2D eigenvalue weighted by molar-refractivity contribution is 0.247. The van der Waals surface area contributed by atoms with Gasteiger partial charge in [-0.3, -0.25) is 0 Å². The first kappa shape index (κ1) is 11.0. The molecular weight excluding hydrogens is 178 g/mol. The Morgan fingerprint density at radius 2 is 2.29 bits per heavy atom. The normalized spacial score (nSPS) is 28.8. The summed E-state index contributed by atoms with van der Waals surface area (Å²) in [7, 11) is 0. The highest BCUT2D eigenvalue weighted by Gasteiger charge is 2.29. The van der Waals surface area contributed by atoms with Crippen molar-refractivity contribution < 1.29 is 4.79 Å². The highest BCUT2D eigenvalue weighted by molar-refractivity contribution is 5.87. The van der Waals surface area contributed by atoms with Gasteiger partial charge in [0.25, 0.3) is 0 Å². The molecule has 0 aliphatic heterocycles. The van der Waals surface area contributed by atoms with Crippen molar-refractivity contribution in [3.05, 3.63) is 0 Å². The lowest BCUT2D eigenvalue weighted by Gasteiger charge is -2.34. The highest BCUT2D eigenvalue weighted by atomic mass is 16.2. The van der Waals surface area contributed by atoms with Crippen LogP contribution in [0.25, 0.3) is 0 Å². The van der Waals surface area contributed by atoms with E-state index in [9.17, 15) is 4.79 Å². The van der Waals surface area contributed by atoms with Crippen LogP contribution in [-0.2, 0) is 0 Å². The molecule has 14 heavy (non-hydrogen) atoms. The number of nitrogens with two attached hydrogens (primary N) is 1. The number of nitrogens with zero attached hydrogens (tertiary/aromatic N) is 1. The molecule has 0 radical (unpaired) electrons. The van der Waals surface area contributed by atoms with E-state index in [1.807, 2.05) is 0 Å². The summed E-state index contributed by atoms with van der Waals surface area (Å²) >= 11 is 0. The van der Waals surface area contributed by atoms with Crippen LogP contribution < -0.4 is 11.2 Å². The molecule has 0 bridgehead atoms. The van der Waals surface area contributed by atoms with E-state index in [0.29, 0.717) is 5.92 Å². The van der Waals surface area contributed by atoms with Crippen LogP contribution in [0.3, 0.4) is 0 Å². The third-order valence-electron chi connectivity index (χ3n) is 2.49. The van der Waals surface area contributed by atoms with E-state index < -0.39 is 6.03 Å². The third-order valence-corrected chi connectivity index (χ3v) is 2.49. The SMILES string of the molecule is C[C@H]1CC(=NNC(N)=O)CC(C)(C)C1. The fourth-order valence-electron chi connectivity index (χ4n) is 2.33. The predicted molar refractivity (Wildman–Crippen MR) is 57.0 cm³/mol. The van der Waals surface area contributed by atoms with E-state index >= 15 is 0 Å². The molecule has 1 atom stereocenters. The standard InChI is InChI=1S/C10H19N3O/c1-7-4-8(12-13-9(11)14)6-10(2,3)5-7/h7H,4-6H2,1-3H3,(H3,11,13,14)/t7-/m0/s1. The van der Waals surface area contributed by atoms with E-state index in [1.165, 1.54) is 6.42 Å². The quantitative estimate of drug-likeness (QED) is 0.619. The zero-order valence-corrected chi connectivity index (χ0v) is 9.13. The Morgan fingerprint density at radius 1 is 1.64 bits per heavy atom. The van der Waals surface area contributed by atoms with Crippen molar-refractivity contribution in [2.75, 3.05) is 0 Å². The fourth-order valence-corrected chi connectivity index (χ4v) is 2.33. The molecule has 3 N–H and O–H groups in total. The van der Waals surface area contributed by atoms with E-state index in [-0.39, 0.29) is 5.41 Å². The number of amides is 2. The second kappa shape index (κ2) is 3.98. The van der Waals surface area contributed by atoms with Crippen molar-refractivity contribution in [2.24, 2.45) is 22.2 Å². The number of hydrogen-bond acceptors (Lipinski definition) is 2. The zero-order chi connectivity index (χ0) is 10.8. The molecule has 0 aromatic carbocycles. The molecule has 1 rings (SSSR count). The number of hydrogen-bond donors (Lipinski definition) is 2. The summed E-state index contributed by atoms with van der Waals surface area (Å²) in [6, 6.07) is -0.589. The lowest BCUT2D eigenvalue weighted by Crippen LogP contribution is -2.31. The minimum atomic E-state index is -0.589. The number of urea groups is 1. The molecule has 1 aliphatic rings. The monoisotopic (exact) mass is 197 g/mol. The number of rotatable bonds is 1. The summed E-state index contributed by atoms with van der Waals surface area (Å²) in [6.07, 6.45) is 3.12. The summed E-state index contributed by atoms with van der Waals surface area (Å²) in [5, 5.41) is 4.02. The molecule has 80 valence electrons. The molecule has 0 aromatic rings. The van der Waals surface area contributed by atoms with Crippen molar-refractivity contribution in [1.29, 1.82) is 0 Å². The van der Waals surface area contributed by atoms with Crippen molar-refractivity contribution >= 4 is 11.7 Å². The molecule has 1 aliphatic carbocycles. The van der Waals surface area contributed by atoms with Gasteiger partial charge in [0.15, 0.2) is 0 Å². The van der Waals surface area contributed by atoms with Gasteiger partial charge in [0.1, 0.15) is 0 Å². The minimum absolute atomic E-state index is 0.288. The van der Waals surface area contributed by atoms with Crippen LogP contribution >= 0.6 is 0 Å². The highest BCUT2D eigenvalue weighted by Crippen LogP contribution is 2.36. The van der Waals surface area contributed by atoms with Gasteiger partial charge >= 0.3 is 6.03 Å². The molecule has 1 saturated carbocycles. The van der Waals surface area contributed by atoms with Gasteiger partial charge in [-0.25, -0.2) is 10.2 Å². The van der Waals surface area contributed by atoms with Gasteiger partial charge in [-0.1, -0.05) is 20.8 Å². The van der Waals surface area contributed by atoms with E-state index in [2.05, 4.69) is 31.3 Å². The van der Waals surface area contributed by atoms with Crippen molar-refractivity contribution in [1.82, 2.24) is 5.43 Å². The Labute approximate surface area is 84.9 Å². The second-order valence-electron chi connectivity index (χ2n) is 5.01. The summed E-state index contributed by atoms with van der Waals surface area (Å²) in [5.74, 6) is 0.632. The van der Waals surface area contributed by atoms with Gasteiger partial charge in [-0.2, -0.15) is 5.10 Å². The minimum Gasteiger partial charge on any atom is -0.350 e. The molecular formula is C10H19N3O. The van der Waals surface area contributed by atoms with Gasteiger partial charge in [-0.05, 0) is 30.6 Å². The summed E-state index contributed by atoms with van der Waals surface area (Å²) in [6.45, 7) is 6.66. The first-order valence-corrected chi connectivity index (χ1v) is 5.00. The zero-order valence-electron chi connectivity index (χ0n) is 9.13. The Morgan fingerprint density at radius 3 is 2.79 bits per heavy atom. The molecule has 4 heteroatoms. The largest absolute Gasteiger partial charge is 0.350 e. The Hall–Kier alpha value is -1.06. The van der Waals surface area contributed by atoms with Crippen LogP contribution in [0.2, 0.25) is 0 Å². The fraction of sp³-hybridized carbons (Fsp3) is 0.800. The molecule has 1 fully saturated rings. The summed E-state index contributed by atoms with van der Waals surface area (Å²) in [4.78, 5) is 10.5. The van der Waals surface area contributed by atoms with Crippen LogP contribution in [0.15, 0.2) is 5.10 Å². The maximum atomic E-state index is 10.5. The van der Waals surface area contributed by atoms with Gasteiger partial charge < -0.3 is 5.73 Å². The van der Waals surface area contributed by atoms with Gasteiger partial charge in [0, 0.05) is 5.71 Å². The molecule has 0 aromatic heterocycles. The third kappa shape index (κ3) is 3.36. The molecule has 4 nitrogen and oxygen atoms in total. The predicted octanol–water partition coefficient (Wildman–Crippen LogP) is 1.86. The van der Waals surface area contributed by atoms with Crippen LogP contribution in [0.5, 0.6) is 0 Å². The average Bonchev–Trinajstić information content (AvgIpc) is 1.96. The van der Waals surface area contributed by atoms with Crippen LogP contribution in [0.1, 0.15) is 40.0 Å². The second-order valence-corrected chi connectivity index (χ2v) is 5.01. The van der Waals surface area contributed by atoms with Gasteiger partial charge in [0.2, 0.25) is 0 Å². The summed E-state index contributed by atoms with van der Waals surface area (Å²) in [5.41, 5.74) is 8.59. The van der Waals surface area contributed by atoms with Gasteiger partial charge in [0.05, 0.1) is 0 Å². The number of nitrogens with one attached hydrogen (secondary N) is 1. The molecule has 0 unspecified atom stereocenters. The molecule has 0 heterocycles. The van der Waals surface area contributed by atoms with E-state index in [4.69, 9.17) is 5.73 Å². The number of hydrazone groups is 1. The Bertz CT molecular complexity index is 258. The van der Waals surface area contributed by atoms with Crippen LogP contribution in [0.4, 0.5) is 4.79 Å². The first-order chi connectivity index (χ1) is 6.39. The first-order valence-electron chi connectivity index (χ1n) is 5.00. The van der Waals surface area contributed by atoms with E-state index in [0.717, 1.165) is 18.6 Å². The van der Waals surface area contributed by atoms with Crippen molar-refractivity contribution in [3.63, 3.8) is 0 Å². The average molecular weight is 197 g/mol. The van der Waals surface area contributed by atoms with E-state index in [1.54, 1.807) is 0 Å². The van der Waals surface area contributed by atoms with Crippen LogP contribution in [-0.4, -0.2) is 11.7 Å². The molecule has 0 saturated heterocycles. The maximum Gasteiger partial charge on any atom is 0.332 e. The number of carbonyl (C=O) groups excluding carboxylic acids is 1. The Kier molecular flexibility index (Phi) is 3.13. The summed E-state index contributed by atoms with van der Waals surface area (Å²) < 4.78 is 0. The topological polar surface area (TPSA) is 67.5 Å². The number of carbonyl (C=O) groups is 1. The molecule has 0 spiro atoms.